The van der Waals surface area contributed by atoms with E-state index >= 15 is 0 Å². The number of carbonyl (C=O) groups excluding carboxylic acids is 1. The summed E-state index contributed by atoms with van der Waals surface area (Å²) in [6.07, 6.45) is 2.49. The van der Waals surface area contributed by atoms with Crippen molar-refractivity contribution in [3.05, 3.63) is 78.4 Å². The Morgan fingerprint density at radius 1 is 1.00 bits per heavy atom. The molecule has 0 aliphatic rings. The maximum atomic E-state index is 11.9. The third-order valence-corrected chi connectivity index (χ3v) is 3.21. The fourth-order valence-corrected chi connectivity index (χ4v) is 2.07. The molecule has 0 bridgehead atoms. The number of hydrogen-bond donors (Lipinski definition) is 0. The van der Waals surface area contributed by atoms with Gasteiger partial charge in [0.15, 0.2) is 11.5 Å². The second-order valence-electron chi connectivity index (χ2n) is 4.80. The predicted octanol–water partition coefficient (Wildman–Crippen LogP) is 2.98. The van der Waals surface area contributed by atoms with Crippen molar-refractivity contribution < 1.29 is 14.3 Å². The quantitative estimate of drug-likeness (QED) is 0.744. The molecule has 1 heterocycles. The number of benzene rings is 2. The molecule has 0 unspecified atom stereocenters. The van der Waals surface area contributed by atoms with Gasteiger partial charge in [-0.2, -0.15) is 10.1 Å². The topological polar surface area (TPSA) is 65.7 Å². The van der Waals surface area contributed by atoms with Crippen LogP contribution in [0.2, 0.25) is 0 Å². The van der Waals surface area contributed by atoms with Crippen LogP contribution in [0.4, 0.5) is 4.79 Å². The van der Waals surface area contributed by atoms with Crippen LogP contribution in [0, 0.1) is 0 Å². The van der Waals surface area contributed by atoms with Gasteiger partial charge in [0.05, 0.1) is 24.4 Å². The summed E-state index contributed by atoms with van der Waals surface area (Å²) in [5.41, 5.74) is 0.917. The van der Waals surface area contributed by atoms with Crippen molar-refractivity contribution in [2.75, 3.05) is 7.11 Å². The lowest BCUT2D eigenvalue weighted by Crippen LogP contribution is -2.13. The molecule has 0 saturated carbocycles. The highest BCUT2D eigenvalue weighted by Gasteiger charge is 2.07. The Bertz CT molecular complexity index is 884. The first kappa shape index (κ1) is 15.5. The monoisotopic (exact) mass is 321 g/mol. The number of rotatable bonds is 3. The van der Waals surface area contributed by atoms with Crippen molar-refractivity contribution in [3.63, 3.8) is 0 Å². The zero-order valence-electron chi connectivity index (χ0n) is 13.0. The second-order valence-corrected chi connectivity index (χ2v) is 4.80. The molecule has 0 atom stereocenters. The molecular weight excluding hydrogens is 306 g/mol. The normalized spacial score (nSPS) is 11.1. The van der Waals surface area contributed by atoms with Crippen LogP contribution >= 0.6 is 0 Å². The minimum Gasteiger partial charge on any atom is -0.493 e. The highest BCUT2D eigenvalue weighted by molar-refractivity contribution is 5.72. The molecule has 0 aliphatic heterocycles. The van der Waals surface area contributed by atoms with E-state index < -0.39 is 6.09 Å². The minimum absolute atomic E-state index is 0.317. The van der Waals surface area contributed by atoms with E-state index in [1.54, 1.807) is 41.2 Å². The summed E-state index contributed by atoms with van der Waals surface area (Å²) in [4.78, 5) is 15.8. The highest BCUT2D eigenvalue weighted by atomic mass is 16.6. The van der Waals surface area contributed by atoms with E-state index in [1.165, 1.54) is 13.3 Å². The fraction of sp³-hybridized carbons (Fsp3) is 0.0556. The lowest BCUT2D eigenvalue weighted by molar-refractivity contribution is 0.208. The molecule has 120 valence electrons. The Balaban J connectivity index is 1.77. The zero-order valence-corrected chi connectivity index (χ0v) is 13.0. The van der Waals surface area contributed by atoms with E-state index in [-0.39, 0.29) is 0 Å². The van der Waals surface area contributed by atoms with Crippen LogP contribution in [-0.2, 0) is 0 Å². The molecular formula is C18H15N3O3. The zero-order chi connectivity index (χ0) is 16.8. The van der Waals surface area contributed by atoms with Crippen LogP contribution in [0.3, 0.4) is 0 Å². The SMILES string of the molecule is COc1ccccc1OC(=O)N=c1ccn(-c2ccccc2)nc1. The summed E-state index contributed by atoms with van der Waals surface area (Å²) >= 11 is 0. The van der Waals surface area contributed by atoms with Crippen molar-refractivity contribution >= 4 is 6.09 Å². The average molecular weight is 321 g/mol. The second kappa shape index (κ2) is 7.23. The van der Waals surface area contributed by atoms with Crippen LogP contribution in [-0.4, -0.2) is 23.0 Å². The van der Waals surface area contributed by atoms with Crippen LogP contribution in [0.15, 0.2) is 78.0 Å². The van der Waals surface area contributed by atoms with Crippen molar-refractivity contribution in [2.45, 2.75) is 0 Å². The molecule has 0 saturated heterocycles. The number of hydrogen-bond acceptors (Lipinski definition) is 4. The summed E-state index contributed by atoms with van der Waals surface area (Å²) in [6, 6.07) is 18.2. The molecule has 6 heteroatoms. The number of nitrogens with zero attached hydrogens (tertiary/aromatic N) is 3. The average Bonchev–Trinajstić information content (AvgIpc) is 2.63. The third-order valence-electron chi connectivity index (χ3n) is 3.21. The van der Waals surface area contributed by atoms with Crippen molar-refractivity contribution in [3.8, 4) is 17.2 Å². The van der Waals surface area contributed by atoms with Gasteiger partial charge in [-0.1, -0.05) is 30.3 Å². The van der Waals surface area contributed by atoms with Crippen molar-refractivity contribution in [2.24, 2.45) is 4.99 Å². The molecule has 1 aromatic heterocycles. The maximum absolute atomic E-state index is 11.9. The van der Waals surface area contributed by atoms with E-state index in [4.69, 9.17) is 9.47 Å². The molecule has 1 amide bonds. The van der Waals surface area contributed by atoms with Crippen LogP contribution in [0.25, 0.3) is 5.69 Å². The van der Waals surface area contributed by atoms with E-state index in [1.807, 2.05) is 30.3 Å². The van der Waals surface area contributed by atoms with Crippen LogP contribution in [0.1, 0.15) is 0 Å². The number of carbonyl (C=O) groups is 1. The number of amides is 1. The predicted molar refractivity (Wildman–Crippen MR) is 88.1 cm³/mol. The maximum Gasteiger partial charge on any atom is 0.439 e. The van der Waals surface area contributed by atoms with Gasteiger partial charge in [0.25, 0.3) is 0 Å². The number of aromatic nitrogens is 2. The molecule has 6 nitrogen and oxygen atoms in total. The van der Waals surface area contributed by atoms with E-state index in [9.17, 15) is 4.79 Å². The first-order valence-corrected chi connectivity index (χ1v) is 7.26. The molecule has 0 spiro atoms. The van der Waals surface area contributed by atoms with E-state index in [0.717, 1.165) is 5.69 Å². The molecule has 3 rings (SSSR count). The Labute approximate surface area is 138 Å². The van der Waals surface area contributed by atoms with Gasteiger partial charge in [0.2, 0.25) is 0 Å². The van der Waals surface area contributed by atoms with Gasteiger partial charge in [-0.25, -0.2) is 9.48 Å². The van der Waals surface area contributed by atoms with Gasteiger partial charge in [0.1, 0.15) is 0 Å². The van der Waals surface area contributed by atoms with Gasteiger partial charge >= 0.3 is 6.09 Å². The Hall–Kier alpha value is -3.41. The largest absolute Gasteiger partial charge is 0.493 e. The number of ether oxygens (including phenoxy) is 2. The Morgan fingerprint density at radius 3 is 2.38 bits per heavy atom. The van der Waals surface area contributed by atoms with Crippen molar-refractivity contribution in [1.82, 2.24) is 9.78 Å². The summed E-state index contributed by atoms with van der Waals surface area (Å²) in [7, 11) is 1.51. The summed E-state index contributed by atoms with van der Waals surface area (Å²) < 4.78 is 12.0. The van der Waals surface area contributed by atoms with Crippen molar-refractivity contribution in [1.29, 1.82) is 0 Å². The Morgan fingerprint density at radius 2 is 1.71 bits per heavy atom. The van der Waals surface area contributed by atoms with Gasteiger partial charge in [-0.3, -0.25) is 0 Å². The first-order chi connectivity index (χ1) is 11.8. The smallest absolute Gasteiger partial charge is 0.439 e. The molecule has 0 aliphatic carbocycles. The lowest BCUT2D eigenvalue weighted by atomic mass is 10.3. The summed E-state index contributed by atoms with van der Waals surface area (Å²) in [5, 5.41) is 4.64. The molecule has 0 fully saturated rings. The standard InChI is InChI=1S/C18H15N3O3/c1-23-16-9-5-6-10-17(16)24-18(22)20-14-11-12-21(19-13-14)15-7-3-2-4-8-15/h2-13H,1H3. The molecule has 0 N–H and O–H groups in total. The van der Waals surface area contributed by atoms with E-state index in [0.29, 0.717) is 16.9 Å². The highest BCUT2D eigenvalue weighted by Crippen LogP contribution is 2.25. The summed E-state index contributed by atoms with van der Waals surface area (Å²) in [5.74, 6) is 0.783. The Kier molecular flexibility index (Phi) is 4.67. The van der Waals surface area contributed by atoms with Gasteiger partial charge in [-0.05, 0) is 30.3 Å². The fourth-order valence-electron chi connectivity index (χ4n) is 2.07. The van der Waals surface area contributed by atoms with Crippen LogP contribution in [0.5, 0.6) is 11.5 Å². The number of para-hydroxylation sites is 3. The first-order valence-electron chi connectivity index (χ1n) is 7.26. The lowest BCUT2D eigenvalue weighted by Gasteiger charge is -2.06. The molecule has 24 heavy (non-hydrogen) atoms. The third kappa shape index (κ3) is 3.67. The van der Waals surface area contributed by atoms with E-state index in [2.05, 4.69) is 10.1 Å². The number of methoxy groups -OCH3 is 1. The molecule has 0 radical (unpaired) electrons. The molecule has 3 aromatic rings. The van der Waals surface area contributed by atoms with Gasteiger partial charge in [-0.15, -0.1) is 0 Å². The molecule has 2 aromatic carbocycles. The van der Waals surface area contributed by atoms with Gasteiger partial charge in [0, 0.05) is 6.20 Å². The van der Waals surface area contributed by atoms with Crippen LogP contribution < -0.4 is 14.8 Å². The summed E-state index contributed by atoms with van der Waals surface area (Å²) in [6.45, 7) is 0. The van der Waals surface area contributed by atoms with Gasteiger partial charge < -0.3 is 9.47 Å². The minimum atomic E-state index is -0.737.